The molecule has 0 aromatic carbocycles. The molecule has 0 amide bonds. The minimum Gasteiger partial charge on any atom is -0.381 e. The molecule has 5 heteroatoms. The van der Waals surface area contributed by atoms with E-state index in [0.29, 0.717) is 17.6 Å². The number of ketones is 1. The molecule has 2 bridgehead atoms. The lowest BCUT2D eigenvalue weighted by Crippen LogP contribution is -2.63. The third kappa shape index (κ3) is 3.80. The summed E-state index contributed by atoms with van der Waals surface area (Å²) in [5, 5.41) is 0. The van der Waals surface area contributed by atoms with E-state index in [1.165, 1.54) is 0 Å². The third-order valence-corrected chi connectivity index (χ3v) is 10.8. The van der Waals surface area contributed by atoms with E-state index >= 15 is 0 Å². The van der Waals surface area contributed by atoms with Crippen molar-refractivity contribution in [1.82, 2.24) is 0 Å². The van der Waals surface area contributed by atoms with Gasteiger partial charge in [0.15, 0.2) is 5.78 Å². The normalized spacial score (nSPS) is 46.4. The van der Waals surface area contributed by atoms with Gasteiger partial charge in [0.2, 0.25) is 0 Å². The van der Waals surface area contributed by atoms with E-state index in [-0.39, 0.29) is 35.7 Å². The smallest absolute Gasteiger partial charge is 0.152 e. The Kier molecular flexibility index (Phi) is 7.70. The van der Waals surface area contributed by atoms with Gasteiger partial charge in [0.05, 0.1) is 17.0 Å². The summed E-state index contributed by atoms with van der Waals surface area (Å²) in [6, 6.07) is 0. The summed E-state index contributed by atoms with van der Waals surface area (Å²) in [5.41, 5.74) is -0.00378. The van der Waals surface area contributed by atoms with Crippen LogP contribution in [0.15, 0.2) is 0 Å². The van der Waals surface area contributed by atoms with Crippen LogP contribution in [0.4, 0.5) is 0 Å². The first-order valence-corrected chi connectivity index (χ1v) is 13.0. The largest absolute Gasteiger partial charge is 0.381 e. The van der Waals surface area contributed by atoms with Crippen molar-refractivity contribution in [2.75, 3.05) is 26.8 Å². The van der Waals surface area contributed by atoms with E-state index in [4.69, 9.17) is 14.2 Å². The van der Waals surface area contributed by atoms with E-state index in [0.717, 1.165) is 50.7 Å². The lowest BCUT2D eigenvalue weighted by molar-refractivity contribution is -0.211. The zero-order chi connectivity index (χ0) is 22.2. The van der Waals surface area contributed by atoms with Crippen LogP contribution in [0.2, 0.25) is 0 Å². The summed E-state index contributed by atoms with van der Waals surface area (Å²) in [6.07, 6.45) is 7.71. The van der Waals surface area contributed by atoms with Gasteiger partial charge < -0.3 is 14.2 Å². The predicted octanol–water partition coefficient (Wildman–Crippen LogP) is 5.72. The fraction of sp³-hybridized carbons (Fsp3) is 0.960. The number of thioether (sulfide) groups is 1. The number of carbonyl (C=O) groups is 1. The molecule has 3 fully saturated rings. The molecule has 0 aliphatic heterocycles. The predicted molar refractivity (Wildman–Crippen MR) is 124 cm³/mol. The molecule has 0 N–H and O–H groups in total. The third-order valence-electron chi connectivity index (χ3n) is 9.31. The average molecular weight is 441 g/mol. The molecule has 174 valence electrons. The number of Topliss-reactive ketones (excluding diaryl/α,β-unsaturated/α-hetero) is 1. The van der Waals surface area contributed by atoms with Gasteiger partial charge in [0, 0.05) is 25.6 Å². The minimum atomic E-state index is -0.408. The van der Waals surface area contributed by atoms with Crippen molar-refractivity contribution in [1.29, 1.82) is 0 Å². The van der Waals surface area contributed by atoms with E-state index in [9.17, 15) is 4.79 Å². The van der Waals surface area contributed by atoms with Crippen LogP contribution >= 0.6 is 11.8 Å². The first-order chi connectivity index (χ1) is 14.2. The molecule has 3 saturated carbocycles. The average Bonchev–Trinajstić information content (AvgIpc) is 3.13. The molecule has 0 spiro atoms. The van der Waals surface area contributed by atoms with E-state index in [1.54, 1.807) is 7.11 Å². The Labute approximate surface area is 188 Å². The highest BCUT2D eigenvalue weighted by Gasteiger charge is 2.68. The van der Waals surface area contributed by atoms with Crippen molar-refractivity contribution < 1.29 is 19.0 Å². The van der Waals surface area contributed by atoms with Gasteiger partial charge in [-0.2, -0.15) is 0 Å². The number of ether oxygens (including phenoxy) is 3. The maximum absolute atomic E-state index is 14.1. The van der Waals surface area contributed by atoms with Crippen LogP contribution in [0.5, 0.6) is 0 Å². The number of methoxy groups -OCH3 is 2. The maximum Gasteiger partial charge on any atom is 0.152 e. The van der Waals surface area contributed by atoms with Gasteiger partial charge >= 0.3 is 0 Å². The van der Waals surface area contributed by atoms with Crippen LogP contribution in [0.1, 0.15) is 79.6 Å². The molecule has 0 aromatic heterocycles. The Balaban J connectivity index is 2.11. The van der Waals surface area contributed by atoms with Gasteiger partial charge in [-0.25, -0.2) is 0 Å². The van der Waals surface area contributed by atoms with Crippen LogP contribution in [0, 0.1) is 28.6 Å². The van der Waals surface area contributed by atoms with Gasteiger partial charge in [-0.3, -0.25) is 4.79 Å². The summed E-state index contributed by atoms with van der Waals surface area (Å²) in [5.74, 6) is 2.42. The molecule has 0 radical (unpaired) electrons. The zero-order valence-electron chi connectivity index (χ0n) is 20.3. The summed E-state index contributed by atoms with van der Waals surface area (Å²) in [7, 11) is 3.55. The van der Waals surface area contributed by atoms with Crippen LogP contribution < -0.4 is 0 Å². The van der Waals surface area contributed by atoms with Crippen molar-refractivity contribution >= 4 is 17.5 Å². The summed E-state index contributed by atoms with van der Waals surface area (Å²) < 4.78 is 17.5. The second kappa shape index (κ2) is 9.41. The van der Waals surface area contributed by atoms with Crippen LogP contribution in [0.25, 0.3) is 0 Å². The highest BCUT2D eigenvalue weighted by Crippen LogP contribution is 2.68. The van der Waals surface area contributed by atoms with Crippen molar-refractivity contribution in [2.24, 2.45) is 28.6 Å². The lowest BCUT2D eigenvalue weighted by Gasteiger charge is -2.62. The lowest BCUT2D eigenvalue weighted by atomic mass is 9.45. The molecule has 0 aromatic rings. The van der Waals surface area contributed by atoms with Gasteiger partial charge in [0.1, 0.15) is 6.79 Å². The molecule has 8 atom stereocenters. The van der Waals surface area contributed by atoms with Crippen molar-refractivity contribution in [2.45, 2.75) is 96.5 Å². The molecule has 3 aliphatic carbocycles. The quantitative estimate of drug-likeness (QED) is 0.356. The second-order valence-electron chi connectivity index (χ2n) is 10.6. The first-order valence-electron chi connectivity index (χ1n) is 12.0. The summed E-state index contributed by atoms with van der Waals surface area (Å²) >= 11 is 1.87. The molecule has 4 nitrogen and oxygen atoms in total. The SMILES string of the molecule is CCCCS[C@]1(C)CC(OCOC)[C@@]2(C)C3[C@H](OC)CCC3(CC[C@H]2C)[C@@H](C)C1=O. The number of hydrogen-bond acceptors (Lipinski definition) is 5. The molecule has 3 unspecified atom stereocenters. The van der Waals surface area contributed by atoms with E-state index in [2.05, 4.69) is 34.6 Å². The summed E-state index contributed by atoms with van der Waals surface area (Å²) in [4.78, 5) is 14.1. The Hall–Kier alpha value is -0.100. The first kappa shape index (κ1) is 24.5. The standard InChI is InChI=1S/C25H44O4S/c1-8-9-14-30-23(4)15-20(29-16-27-6)24(5)17(2)10-12-25(18(3)22(23)26)13-11-19(28-7)21(24)25/h17-21H,8-16H2,1-7H3/t17-,18+,19-,20?,21?,23-,24+,25?/m1/s1. The molecule has 3 aliphatic rings. The maximum atomic E-state index is 14.1. The molecule has 3 rings (SSSR count). The molecule has 0 saturated heterocycles. The van der Waals surface area contributed by atoms with Gasteiger partial charge in [-0.05, 0) is 68.5 Å². The van der Waals surface area contributed by atoms with Crippen molar-refractivity contribution in [3.63, 3.8) is 0 Å². The Bertz CT molecular complexity index is 612. The van der Waals surface area contributed by atoms with Crippen molar-refractivity contribution in [3.05, 3.63) is 0 Å². The summed E-state index contributed by atoms with van der Waals surface area (Å²) in [6.45, 7) is 11.8. The monoisotopic (exact) mass is 440 g/mol. The number of unbranched alkanes of at least 4 members (excludes halogenated alkanes) is 1. The number of hydrogen-bond donors (Lipinski definition) is 0. The van der Waals surface area contributed by atoms with Crippen LogP contribution in [-0.2, 0) is 19.0 Å². The zero-order valence-corrected chi connectivity index (χ0v) is 21.1. The minimum absolute atomic E-state index is 0.0107. The fourth-order valence-electron chi connectivity index (χ4n) is 7.33. The molecular formula is C25H44O4S. The Morgan fingerprint density at radius 1 is 1.13 bits per heavy atom. The Morgan fingerprint density at radius 2 is 1.83 bits per heavy atom. The topological polar surface area (TPSA) is 44.8 Å². The number of carbonyl (C=O) groups excluding carboxylic acids is 1. The highest BCUT2D eigenvalue weighted by molar-refractivity contribution is 8.01. The van der Waals surface area contributed by atoms with Crippen molar-refractivity contribution in [3.8, 4) is 0 Å². The van der Waals surface area contributed by atoms with Gasteiger partial charge in [-0.15, -0.1) is 11.8 Å². The van der Waals surface area contributed by atoms with Crippen LogP contribution in [0.3, 0.4) is 0 Å². The highest BCUT2D eigenvalue weighted by atomic mass is 32.2. The number of rotatable bonds is 8. The van der Waals surface area contributed by atoms with E-state index in [1.807, 2.05) is 18.9 Å². The second-order valence-corrected chi connectivity index (χ2v) is 12.2. The molecule has 0 heterocycles. The Morgan fingerprint density at radius 3 is 2.47 bits per heavy atom. The van der Waals surface area contributed by atoms with Gasteiger partial charge in [-0.1, -0.05) is 34.1 Å². The molecular weight excluding hydrogens is 396 g/mol. The van der Waals surface area contributed by atoms with E-state index < -0.39 is 4.75 Å². The van der Waals surface area contributed by atoms with Crippen LogP contribution in [-0.4, -0.2) is 49.5 Å². The molecule has 30 heavy (non-hydrogen) atoms. The van der Waals surface area contributed by atoms with Gasteiger partial charge in [0.25, 0.3) is 0 Å². The fourth-order valence-corrected chi connectivity index (χ4v) is 8.81.